The maximum atomic E-state index is 12.0. The largest absolute Gasteiger partial charge is 0.391 e. The Labute approximate surface area is 121 Å². The van der Waals surface area contributed by atoms with Gasteiger partial charge in [0, 0.05) is 5.69 Å². The quantitative estimate of drug-likeness (QED) is 0.833. The molecule has 0 spiro atoms. The fourth-order valence-corrected chi connectivity index (χ4v) is 1.86. The van der Waals surface area contributed by atoms with Crippen LogP contribution in [0.25, 0.3) is 0 Å². The highest BCUT2D eigenvalue weighted by Gasteiger charge is 2.37. The number of carbonyl (C=O) groups is 1. The maximum absolute atomic E-state index is 12.0. The van der Waals surface area contributed by atoms with E-state index >= 15 is 0 Å². The topological polar surface area (TPSA) is 49.3 Å². The molecule has 6 heteroatoms. The minimum Gasteiger partial charge on any atom is -0.391 e. The molecule has 1 aromatic rings. The Bertz CT molecular complexity index is 449. The first kappa shape index (κ1) is 15.6. The van der Waals surface area contributed by atoms with Crippen LogP contribution in [-0.4, -0.2) is 22.0 Å². The Kier molecular flexibility index (Phi) is 5.29. The third kappa shape index (κ3) is 3.51. The van der Waals surface area contributed by atoms with E-state index in [2.05, 4.69) is 5.32 Å². The lowest BCUT2D eigenvalue weighted by molar-refractivity contribution is -0.121. The van der Waals surface area contributed by atoms with Crippen LogP contribution in [0, 0.1) is 0 Å². The fraction of sp³-hybridized carbons (Fsp3) is 0.417. The Balaban J connectivity index is 2.84. The standard InChI is InChI=1S/C12H14Cl3NO2/c1-3-10(17)12(2,15)11(18)16-7-4-5-8(13)9(14)6-7/h4-6,10,17H,3H2,1-2H3,(H,16,18). The third-order valence-electron chi connectivity index (χ3n) is 2.63. The van der Waals surface area contributed by atoms with E-state index < -0.39 is 16.9 Å². The van der Waals surface area contributed by atoms with Gasteiger partial charge in [-0.1, -0.05) is 30.1 Å². The molecule has 0 saturated carbocycles. The fourth-order valence-electron chi connectivity index (χ4n) is 1.36. The van der Waals surface area contributed by atoms with Gasteiger partial charge in [0.15, 0.2) is 0 Å². The average Bonchev–Trinajstić information content (AvgIpc) is 2.32. The Morgan fingerprint density at radius 3 is 2.56 bits per heavy atom. The highest BCUT2D eigenvalue weighted by Crippen LogP contribution is 2.27. The van der Waals surface area contributed by atoms with E-state index in [1.54, 1.807) is 19.1 Å². The van der Waals surface area contributed by atoms with E-state index in [1.807, 2.05) is 0 Å². The van der Waals surface area contributed by atoms with Crippen LogP contribution in [0.5, 0.6) is 0 Å². The van der Waals surface area contributed by atoms with Crippen LogP contribution >= 0.6 is 34.8 Å². The third-order valence-corrected chi connectivity index (χ3v) is 3.80. The highest BCUT2D eigenvalue weighted by molar-refractivity contribution is 6.42. The minimum absolute atomic E-state index is 0.335. The monoisotopic (exact) mass is 309 g/mol. The van der Waals surface area contributed by atoms with Gasteiger partial charge >= 0.3 is 0 Å². The van der Waals surface area contributed by atoms with Gasteiger partial charge in [-0.25, -0.2) is 0 Å². The molecule has 100 valence electrons. The number of amides is 1. The van der Waals surface area contributed by atoms with Crippen molar-refractivity contribution in [2.24, 2.45) is 0 Å². The Morgan fingerprint density at radius 2 is 2.06 bits per heavy atom. The number of hydrogen-bond acceptors (Lipinski definition) is 2. The zero-order valence-electron chi connectivity index (χ0n) is 10.0. The molecular formula is C12H14Cl3NO2. The van der Waals surface area contributed by atoms with Crippen molar-refractivity contribution in [2.45, 2.75) is 31.2 Å². The van der Waals surface area contributed by atoms with E-state index in [0.29, 0.717) is 22.2 Å². The second kappa shape index (κ2) is 6.11. The van der Waals surface area contributed by atoms with Crippen LogP contribution in [0.1, 0.15) is 20.3 Å². The zero-order valence-corrected chi connectivity index (χ0v) is 12.3. The summed E-state index contributed by atoms with van der Waals surface area (Å²) in [4.78, 5) is 10.6. The predicted molar refractivity (Wildman–Crippen MR) is 75.6 cm³/mol. The molecule has 0 fully saturated rings. The van der Waals surface area contributed by atoms with Crippen LogP contribution in [0.4, 0.5) is 5.69 Å². The predicted octanol–water partition coefficient (Wildman–Crippen LogP) is 3.70. The Hall–Kier alpha value is -0.480. The molecule has 3 nitrogen and oxygen atoms in total. The van der Waals surface area contributed by atoms with Crippen molar-refractivity contribution in [1.82, 2.24) is 0 Å². The molecule has 0 radical (unpaired) electrons. The summed E-state index contributed by atoms with van der Waals surface area (Å²) in [5.74, 6) is -0.489. The normalized spacial score (nSPS) is 15.9. The summed E-state index contributed by atoms with van der Waals surface area (Å²) in [5.41, 5.74) is 0.476. The van der Waals surface area contributed by atoms with Gasteiger partial charge in [-0.2, -0.15) is 0 Å². The number of hydrogen-bond donors (Lipinski definition) is 2. The number of alkyl halides is 1. The van der Waals surface area contributed by atoms with E-state index in [0.717, 1.165) is 0 Å². The molecule has 1 rings (SSSR count). The molecule has 0 aliphatic carbocycles. The van der Waals surface area contributed by atoms with Gasteiger partial charge in [-0.15, -0.1) is 11.6 Å². The van der Waals surface area contributed by atoms with Crippen molar-refractivity contribution in [1.29, 1.82) is 0 Å². The molecule has 2 unspecified atom stereocenters. The van der Waals surface area contributed by atoms with Crippen LogP contribution < -0.4 is 5.32 Å². The van der Waals surface area contributed by atoms with E-state index in [9.17, 15) is 9.90 Å². The first-order valence-corrected chi connectivity index (χ1v) is 6.56. The van der Waals surface area contributed by atoms with Crippen molar-refractivity contribution < 1.29 is 9.90 Å². The molecule has 18 heavy (non-hydrogen) atoms. The molecular weight excluding hydrogens is 296 g/mol. The SMILES string of the molecule is CCC(O)C(C)(Cl)C(=O)Nc1ccc(Cl)c(Cl)c1. The first-order valence-electron chi connectivity index (χ1n) is 5.42. The van der Waals surface area contributed by atoms with E-state index in [1.165, 1.54) is 13.0 Å². The lowest BCUT2D eigenvalue weighted by Gasteiger charge is -2.26. The zero-order chi connectivity index (χ0) is 13.9. The number of rotatable bonds is 4. The van der Waals surface area contributed by atoms with Crippen LogP contribution in [0.15, 0.2) is 18.2 Å². The van der Waals surface area contributed by atoms with Crippen LogP contribution in [0.3, 0.4) is 0 Å². The van der Waals surface area contributed by atoms with E-state index in [-0.39, 0.29) is 0 Å². The van der Waals surface area contributed by atoms with Gasteiger partial charge in [0.05, 0.1) is 16.1 Å². The van der Waals surface area contributed by atoms with Crippen molar-refractivity contribution >= 4 is 46.4 Å². The molecule has 0 aliphatic rings. The van der Waals surface area contributed by atoms with E-state index in [4.69, 9.17) is 34.8 Å². The molecule has 0 saturated heterocycles. The first-order chi connectivity index (χ1) is 8.28. The molecule has 2 N–H and O–H groups in total. The summed E-state index contributed by atoms with van der Waals surface area (Å²) in [5, 5.41) is 13.0. The summed E-state index contributed by atoms with van der Waals surface area (Å²) < 4.78 is 0. The number of halogens is 3. The summed E-state index contributed by atoms with van der Waals surface area (Å²) in [6.07, 6.45) is -0.545. The average molecular weight is 311 g/mol. The van der Waals surface area contributed by atoms with Crippen LogP contribution in [-0.2, 0) is 4.79 Å². The van der Waals surface area contributed by atoms with Crippen molar-refractivity contribution in [3.63, 3.8) is 0 Å². The second-order valence-electron chi connectivity index (χ2n) is 4.08. The van der Waals surface area contributed by atoms with Gasteiger partial charge in [0.2, 0.25) is 5.91 Å². The smallest absolute Gasteiger partial charge is 0.247 e. The summed E-state index contributed by atoms with van der Waals surface area (Å²) >= 11 is 17.6. The number of aliphatic hydroxyl groups excluding tert-OH is 1. The number of nitrogens with one attached hydrogen (secondary N) is 1. The van der Waals surface area contributed by atoms with Gasteiger partial charge in [-0.3, -0.25) is 4.79 Å². The molecule has 0 aromatic heterocycles. The number of anilines is 1. The Morgan fingerprint density at radius 1 is 1.44 bits per heavy atom. The number of benzene rings is 1. The highest BCUT2D eigenvalue weighted by atomic mass is 35.5. The van der Waals surface area contributed by atoms with Gasteiger partial charge < -0.3 is 10.4 Å². The summed E-state index contributed by atoms with van der Waals surface area (Å²) in [6.45, 7) is 3.22. The molecule has 1 aromatic carbocycles. The molecule has 0 heterocycles. The molecule has 0 aliphatic heterocycles. The lowest BCUT2D eigenvalue weighted by atomic mass is 10.0. The van der Waals surface area contributed by atoms with Gasteiger partial charge in [0.25, 0.3) is 0 Å². The molecule has 0 bridgehead atoms. The molecule has 1 amide bonds. The van der Waals surface area contributed by atoms with Crippen molar-refractivity contribution in [2.75, 3.05) is 5.32 Å². The lowest BCUT2D eigenvalue weighted by Crippen LogP contribution is -2.44. The van der Waals surface area contributed by atoms with Gasteiger partial charge in [-0.05, 0) is 31.5 Å². The molecule has 2 atom stereocenters. The summed E-state index contributed by atoms with van der Waals surface area (Å²) in [7, 11) is 0. The maximum Gasteiger partial charge on any atom is 0.247 e. The summed E-state index contributed by atoms with van der Waals surface area (Å²) in [6, 6.07) is 4.70. The minimum atomic E-state index is -1.39. The number of aliphatic hydroxyl groups is 1. The van der Waals surface area contributed by atoms with Gasteiger partial charge in [0.1, 0.15) is 4.87 Å². The van der Waals surface area contributed by atoms with Crippen molar-refractivity contribution in [3.05, 3.63) is 28.2 Å². The van der Waals surface area contributed by atoms with Crippen molar-refractivity contribution in [3.8, 4) is 0 Å². The number of carbonyl (C=O) groups excluding carboxylic acids is 1. The second-order valence-corrected chi connectivity index (χ2v) is 5.68. The van der Waals surface area contributed by atoms with Crippen LogP contribution in [0.2, 0.25) is 10.0 Å².